The smallest absolute Gasteiger partial charge is 0.129 e. The molecule has 7 N–H and O–H groups in total. The summed E-state index contributed by atoms with van der Waals surface area (Å²) < 4.78 is 0. The molecule has 0 fully saturated rings. The van der Waals surface area contributed by atoms with Gasteiger partial charge in [-0.25, -0.2) is 0 Å². The number of rotatable bonds is 8. The Balaban J connectivity index is 3.01. The van der Waals surface area contributed by atoms with Crippen LogP contribution in [-0.4, -0.2) is 51.2 Å². The fourth-order valence-corrected chi connectivity index (χ4v) is 1.77. The molecule has 7 heteroatoms. The molecular formula is C13H22N2O5. The van der Waals surface area contributed by atoms with Gasteiger partial charge in [-0.1, -0.05) is 13.0 Å². The van der Waals surface area contributed by atoms with Gasteiger partial charge >= 0.3 is 0 Å². The Morgan fingerprint density at radius 2 is 1.60 bits per heavy atom. The Kier molecular flexibility index (Phi) is 6.86. The van der Waals surface area contributed by atoms with Gasteiger partial charge in [0.2, 0.25) is 0 Å². The molecule has 1 aromatic carbocycles. The van der Waals surface area contributed by atoms with E-state index in [9.17, 15) is 15.3 Å². The van der Waals surface area contributed by atoms with Crippen LogP contribution in [0.5, 0.6) is 5.75 Å². The van der Waals surface area contributed by atoms with Gasteiger partial charge in [0.15, 0.2) is 0 Å². The van der Waals surface area contributed by atoms with Crippen LogP contribution in [0.4, 0.5) is 0 Å². The number of aliphatic hydroxyl groups excluding tert-OH is 4. The number of benzene rings is 1. The second-order valence-corrected chi connectivity index (χ2v) is 4.41. The van der Waals surface area contributed by atoms with Crippen molar-refractivity contribution < 1.29 is 25.5 Å². The number of hydrogen-bond donors (Lipinski definition) is 7. The average Bonchev–Trinajstić information content (AvgIpc) is 2.46. The summed E-state index contributed by atoms with van der Waals surface area (Å²) in [6.45, 7) is 0.903. The molecule has 0 saturated heterocycles. The van der Waals surface area contributed by atoms with Crippen LogP contribution in [0.2, 0.25) is 0 Å². The van der Waals surface area contributed by atoms with E-state index in [0.29, 0.717) is 5.56 Å². The molecule has 1 aromatic rings. The minimum absolute atomic E-state index is 0.0255. The van der Waals surface area contributed by atoms with Gasteiger partial charge < -0.3 is 25.5 Å². The molecule has 7 nitrogen and oxygen atoms in total. The summed E-state index contributed by atoms with van der Waals surface area (Å²) in [5.74, 6) is -0.0255. The van der Waals surface area contributed by atoms with Crippen molar-refractivity contribution in [3.8, 4) is 5.75 Å². The Hall–Kier alpha value is -1.22. The Labute approximate surface area is 117 Å². The maximum atomic E-state index is 9.90. The first-order chi connectivity index (χ1) is 9.51. The summed E-state index contributed by atoms with van der Waals surface area (Å²) in [4.78, 5) is 0. The molecular weight excluding hydrogens is 264 g/mol. The van der Waals surface area contributed by atoms with Gasteiger partial charge in [0, 0.05) is 5.56 Å². The van der Waals surface area contributed by atoms with Gasteiger partial charge in [-0.2, -0.15) is 0 Å². The predicted octanol–water partition coefficient (Wildman–Crippen LogP) is -1.25. The van der Waals surface area contributed by atoms with E-state index in [4.69, 9.17) is 10.2 Å². The average molecular weight is 286 g/mol. The SMILES string of the molecule is CCc1ccc(O)c(C(NC(O)CO)NC(O)CO)c1. The minimum Gasteiger partial charge on any atom is -0.508 e. The lowest BCUT2D eigenvalue weighted by Crippen LogP contribution is -2.47. The zero-order valence-corrected chi connectivity index (χ0v) is 11.3. The van der Waals surface area contributed by atoms with Crippen LogP contribution in [0.1, 0.15) is 24.2 Å². The van der Waals surface area contributed by atoms with Gasteiger partial charge in [-0.05, 0) is 24.1 Å². The second-order valence-electron chi connectivity index (χ2n) is 4.41. The van der Waals surface area contributed by atoms with Gasteiger partial charge in [0.25, 0.3) is 0 Å². The van der Waals surface area contributed by atoms with Gasteiger partial charge in [-0.15, -0.1) is 0 Å². The highest BCUT2D eigenvalue weighted by Gasteiger charge is 2.20. The molecule has 0 radical (unpaired) electrons. The number of phenolic OH excluding ortho intramolecular Hbond substituents is 1. The molecule has 0 aromatic heterocycles. The van der Waals surface area contributed by atoms with Crippen LogP contribution >= 0.6 is 0 Å². The highest BCUT2D eigenvalue weighted by Crippen LogP contribution is 2.24. The quantitative estimate of drug-likeness (QED) is 0.298. The molecule has 0 aliphatic carbocycles. The van der Waals surface area contributed by atoms with Crippen LogP contribution in [0.3, 0.4) is 0 Å². The van der Waals surface area contributed by atoms with E-state index < -0.39 is 31.8 Å². The largest absolute Gasteiger partial charge is 0.508 e. The molecule has 114 valence electrons. The van der Waals surface area contributed by atoms with E-state index in [1.165, 1.54) is 6.07 Å². The summed E-state index contributed by atoms with van der Waals surface area (Å²) in [5, 5.41) is 51.8. The van der Waals surface area contributed by atoms with Gasteiger partial charge in [0.1, 0.15) is 18.2 Å². The molecule has 20 heavy (non-hydrogen) atoms. The molecule has 0 aliphatic rings. The van der Waals surface area contributed by atoms with E-state index in [1.807, 2.05) is 6.92 Å². The number of phenols is 1. The lowest BCUT2D eigenvalue weighted by molar-refractivity contribution is 0.0206. The maximum Gasteiger partial charge on any atom is 0.129 e. The van der Waals surface area contributed by atoms with Crippen molar-refractivity contribution in [2.45, 2.75) is 32.0 Å². The number of hydrogen-bond acceptors (Lipinski definition) is 7. The zero-order valence-electron chi connectivity index (χ0n) is 11.3. The minimum atomic E-state index is -1.23. The summed E-state index contributed by atoms with van der Waals surface area (Å²) in [6, 6.07) is 5.00. The number of aromatic hydroxyl groups is 1. The van der Waals surface area contributed by atoms with Gasteiger partial charge in [0.05, 0.1) is 19.4 Å². The van der Waals surface area contributed by atoms with Crippen molar-refractivity contribution >= 4 is 0 Å². The van der Waals surface area contributed by atoms with E-state index in [2.05, 4.69) is 10.6 Å². The molecule has 0 heterocycles. The fraction of sp³-hybridized carbons (Fsp3) is 0.538. The van der Waals surface area contributed by atoms with Crippen LogP contribution in [0.25, 0.3) is 0 Å². The Morgan fingerprint density at radius 3 is 2.05 bits per heavy atom. The van der Waals surface area contributed by atoms with Crippen molar-refractivity contribution in [2.24, 2.45) is 0 Å². The lowest BCUT2D eigenvalue weighted by Gasteiger charge is -2.26. The second kappa shape index (κ2) is 8.15. The van der Waals surface area contributed by atoms with E-state index in [1.54, 1.807) is 12.1 Å². The fourth-order valence-electron chi connectivity index (χ4n) is 1.77. The number of nitrogens with one attached hydrogen (secondary N) is 2. The Bertz CT molecular complexity index is 404. The third kappa shape index (κ3) is 4.71. The van der Waals surface area contributed by atoms with Crippen molar-refractivity contribution in [3.05, 3.63) is 29.3 Å². The van der Waals surface area contributed by atoms with E-state index >= 15 is 0 Å². The number of aryl methyl sites for hydroxylation is 1. The molecule has 0 bridgehead atoms. The zero-order chi connectivity index (χ0) is 15.1. The van der Waals surface area contributed by atoms with Crippen LogP contribution in [-0.2, 0) is 6.42 Å². The third-order valence-corrected chi connectivity index (χ3v) is 2.88. The van der Waals surface area contributed by atoms with Crippen molar-refractivity contribution in [3.63, 3.8) is 0 Å². The van der Waals surface area contributed by atoms with Crippen molar-refractivity contribution in [1.29, 1.82) is 0 Å². The first-order valence-corrected chi connectivity index (χ1v) is 6.43. The first-order valence-electron chi connectivity index (χ1n) is 6.43. The topological polar surface area (TPSA) is 125 Å². The highest BCUT2D eigenvalue weighted by molar-refractivity contribution is 5.38. The van der Waals surface area contributed by atoms with Crippen LogP contribution in [0.15, 0.2) is 18.2 Å². The monoisotopic (exact) mass is 286 g/mol. The molecule has 0 amide bonds. The normalized spacial score (nSPS) is 15.8. The van der Waals surface area contributed by atoms with Crippen molar-refractivity contribution in [2.75, 3.05) is 13.2 Å². The summed E-state index contributed by atoms with van der Waals surface area (Å²) in [5.41, 5.74) is 1.37. The molecule has 1 rings (SSSR count). The molecule has 0 spiro atoms. The van der Waals surface area contributed by atoms with Crippen LogP contribution < -0.4 is 10.6 Å². The van der Waals surface area contributed by atoms with E-state index in [-0.39, 0.29) is 5.75 Å². The molecule has 0 saturated carbocycles. The highest BCUT2D eigenvalue weighted by atomic mass is 16.3. The molecule has 0 aliphatic heterocycles. The third-order valence-electron chi connectivity index (χ3n) is 2.88. The summed E-state index contributed by atoms with van der Waals surface area (Å²) in [7, 11) is 0. The van der Waals surface area contributed by atoms with Crippen LogP contribution in [0, 0.1) is 0 Å². The maximum absolute atomic E-state index is 9.90. The summed E-state index contributed by atoms with van der Waals surface area (Å²) in [6.07, 6.45) is -2.54. The standard InChI is InChI=1S/C13H22N2O5/c1-2-8-3-4-10(18)9(5-8)13(14-11(19)6-16)15-12(20)7-17/h3-5,11-20H,2,6-7H2,1H3. The Morgan fingerprint density at radius 1 is 1.05 bits per heavy atom. The van der Waals surface area contributed by atoms with Gasteiger partial charge in [-0.3, -0.25) is 10.6 Å². The first kappa shape index (κ1) is 16.8. The molecule has 2 atom stereocenters. The van der Waals surface area contributed by atoms with Crippen molar-refractivity contribution in [1.82, 2.24) is 10.6 Å². The van der Waals surface area contributed by atoms with E-state index in [0.717, 1.165) is 12.0 Å². The predicted molar refractivity (Wildman–Crippen MR) is 72.7 cm³/mol. The number of aliphatic hydroxyl groups is 4. The molecule has 2 unspecified atom stereocenters. The summed E-state index contributed by atoms with van der Waals surface area (Å²) >= 11 is 0. The lowest BCUT2D eigenvalue weighted by atomic mass is 10.1.